The summed E-state index contributed by atoms with van der Waals surface area (Å²) in [7, 11) is 0. The largest absolute Gasteiger partial charge is 0.481 e. The van der Waals surface area contributed by atoms with Crippen molar-refractivity contribution in [2.75, 3.05) is 85.1 Å². The number of carboxylic acids is 6. The zero-order valence-corrected chi connectivity index (χ0v) is 39.4. The van der Waals surface area contributed by atoms with Crippen LogP contribution in [0.2, 0.25) is 0 Å². The minimum atomic E-state index is -1.33. The first-order valence-electron chi connectivity index (χ1n) is 22.9. The Kier molecular flexibility index (Phi) is 27.0. The number of hydrogen-bond donors (Lipinski definition) is 9. The number of aromatic nitrogens is 1. The Morgan fingerprint density at radius 1 is 0.623 bits per heavy atom. The van der Waals surface area contributed by atoms with E-state index in [1.165, 1.54) is 6.92 Å². The minimum Gasteiger partial charge on any atom is -0.481 e. The van der Waals surface area contributed by atoms with Crippen LogP contribution in [0, 0.1) is 6.92 Å². The Balaban J connectivity index is 1.99. The SMILES string of the molecule is CC(=O)[C@H](CCC(=O)O)NC(=O)N[C@@H](CCCCN(Cc1ccc(C)nc1)C(=O)CCCCNC(=O)CCC(C(=O)O)N1CCN(CC(=O)O)CCN(CC(=O)O)CCN(CC(=O)O)CC1)C(=O)O. The third-order valence-corrected chi connectivity index (χ3v) is 11.4. The van der Waals surface area contributed by atoms with Crippen LogP contribution in [-0.4, -0.2) is 223 Å². The van der Waals surface area contributed by atoms with Gasteiger partial charge in [0, 0.05) is 103 Å². The molecule has 0 bridgehead atoms. The molecule has 25 heteroatoms. The van der Waals surface area contributed by atoms with Gasteiger partial charge in [-0.1, -0.05) is 6.07 Å². The lowest BCUT2D eigenvalue weighted by molar-refractivity contribution is -0.145. The van der Waals surface area contributed by atoms with Crippen molar-refractivity contribution in [2.45, 2.75) is 103 Å². The number of nitrogens with one attached hydrogen (secondary N) is 3. The smallest absolute Gasteiger partial charge is 0.326 e. The van der Waals surface area contributed by atoms with E-state index in [1.54, 1.807) is 36.8 Å². The molecule has 1 aromatic rings. The average molecular weight is 980 g/mol. The third kappa shape index (κ3) is 25.6. The van der Waals surface area contributed by atoms with Gasteiger partial charge >= 0.3 is 41.8 Å². The molecule has 1 fully saturated rings. The molecular formula is C44H69N9O16. The standard InChI is InChI=1S/C44H69N9O16/c1-30-9-10-32(25-46-30)26-53(16-6-4-7-34(42(65)66)48-44(69)47-33(31(2)54)11-14-38(57)58)37(56)8-3-5-15-45-36(55)13-12-35(43(67)68)52-23-21-50(28-40(61)62)19-17-49(27-39(59)60)18-20-51(22-24-52)29-41(63)64/h9-10,25,33-35H,3-8,11-24,26-29H2,1-2H3,(H,45,55)(H,57,58)(H,59,60)(H,61,62)(H,63,64)(H,65,66)(H,67,68)(H2,47,48,69)/t33-,34-,35?/m0/s1. The highest BCUT2D eigenvalue weighted by Gasteiger charge is 2.29. The number of unbranched alkanes of at least 4 members (excludes halogenated alkanes) is 2. The number of ketones is 1. The maximum absolute atomic E-state index is 13.5. The second-order valence-electron chi connectivity index (χ2n) is 17.0. The number of hydrogen-bond acceptors (Lipinski definition) is 15. The first-order valence-corrected chi connectivity index (χ1v) is 22.9. The molecule has 1 aromatic heterocycles. The van der Waals surface area contributed by atoms with Crippen molar-refractivity contribution in [2.24, 2.45) is 0 Å². The third-order valence-electron chi connectivity index (χ3n) is 11.4. The monoisotopic (exact) mass is 979 g/mol. The summed E-state index contributed by atoms with van der Waals surface area (Å²) < 4.78 is 0. The molecule has 1 aliphatic rings. The van der Waals surface area contributed by atoms with E-state index in [4.69, 9.17) is 5.11 Å². The number of pyridine rings is 1. The number of Topliss-reactive ketones (excluding diaryl/α,β-unsaturated/α-hetero) is 1. The molecule has 4 amide bonds. The summed E-state index contributed by atoms with van der Waals surface area (Å²) >= 11 is 0. The average Bonchev–Trinajstić information content (AvgIpc) is 3.25. The van der Waals surface area contributed by atoms with Gasteiger partial charge < -0.3 is 51.5 Å². The van der Waals surface area contributed by atoms with Crippen LogP contribution in [0.1, 0.15) is 82.4 Å². The maximum atomic E-state index is 13.5. The summed E-state index contributed by atoms with van der Waals surface area (Å²) in [6, 6.07) is -0.921. The van der Waals surface area contributed by atoms with E-state index < -0.39 is 71.7 Å². The van der Waals surface area contributed by atoms with Crippen molar-refractivity contribution in [3.8, 4) is 0 Å². The number of aryl methyl sites for hydroxylation is 1. The number of urea groups is 1. The Morgan fingerprint density at radius 2 is 1.17 bits per heavy atom. The van der Waals surface area contributed by atoms with Gasteiger partial charge in [-0.2, -0.15) is 0 Å². The van der Waals surface area contributed by atoms with Crippen molar-refractivity contribution in [3.05, 3.63) is 29.6 Å². The Hall–Kier alpha value is -6.31. The first kappa shape index (κ1) is 58.8. The molecule has 1 unspecified atom stereocenters. The van der Waals surface area contributed by atoms with E-state index in [2.05, 4.69) is 20.9 Å². The van der Waals surface area contributed by atoms with Crippen LogP contribution >= 0.6 is 0 Å². The molecule has 3 atom stereocenters. The number of carbonyl (C=O) groups is 10. The van der Waals surface area contributed by atoms with Crippen LogP contribution in [0.4, 0.5) is 4.79 Å². The summed E-state index contributed by atoms with van der Waals surface area (Å²) in [5, 5.41) is 64.8. The van der Waals surface area contributed by atoms with Crippen LogP contribution in [0.3, 0.4) is 0 Å². The molecule has 0 radical (unpaired) electrons. The molecule has 2 heterocycles. The van der Waals surface area contributed by atoms with Crippen molar-refractivity contribution in [3.63, 3.8) is 0 Å². The first-order chi connectivity index (χ1) is 32.6. The van der Waals surface area contributed by atoms with E-state index in [1.807, 2.05) is 13.0 Å². The minimum absolute atomic E-state index is 0.00495. The molecule has 1 aliphatic heterocycles. The van der Waals surface area contributed by atoms with Crippen molar-refractivity contribution in [1.29, 1.82) is 0 Å². The Bertz CT molecular complexity index is 1860. The molecule has 2 rings (SSSR count). The van der Waals surface area contributed by atoms with Gasteiger partial charge in [-0.05, 0) is 70.4 Å². The second kappa shape index (κ2) is 31.7. The van der Waals surface area contributed by atoms with E-state index in [0.29, 0.717) is 19.3 Å². The van der Waals surface area contributed by atoms with Gasteiger partial charge in [0.1, 0.15) is 12.1 Å². The summed E-state index contributed by atoms with van der Waals surface area (Å²) in [5.74, 6) is -8.18. The molecular weight excluding hydrogens is 911 g/mol. The van der Waals surface area contributed by atoms with Gasteiger partial charge in [-0.15, -0.1) is 0 Å². The fourth-order valence-electron chi connectivity index (χ4n) is 7.53. The molecule has 1 saturated heterocycles. The van der Waals surface area contributed by atoms with Gasteiger partial charge in [0.15, 0.2) is 5.78 Å². The zero-order valence-electron chi connectivity index (χ0n) is 39.4. The topological polar surface area (TPSA) is 357 Å². The van der Waals surface area contributed by atoms with E-state index in [9.17, 15) is 73.5 Å². The number of aliphatic carboxylic acids is 6. The fourth-order valence-corrected chi connectivity index (χ4v) is 7.53. The van der Waals surface area contributed by atoms with Gasteiger partial charge in [0.05, 0.1) is 25.7 Å². The van der Waals surface area contributed by atoms with Gasteiger partial charge in [-0.3, -0.25) is 62.9 Å². The normalized spacial score (nSPS) is 15.8. The highest BCUT2D eigenvalue weighted by Crippen LogP contribution is 2.14. The number of carboxylic acid groups (broad SMARTS) is 6. The van der Waals surface area contributed by atoms with E-state index in [0.717, 1.165) is 11.3 Å². The molecule has 69 heavy (non-hydrogen) atoms. The quantitative estimate of drug-likeness (QED) is 0.0437. The lowest BCUT2D eigenvalue weighted by Gasteiger charge is -2.35. The molecule has 0 saturated carbocycles. The second-order valence-corrected chi connectivity index (χ2v) is 17.0. The van der Waals surface area contributed by atoms with Crippen LogP contribution < -0.4 is 16.0 Å². The number of rotatable bonds is 30. The predicted molar refractivity (Wildman–Crippen MR) is 244 cm³/mol. The number of nitrogens with zero attached hydrogens (tertiary/aromatic N) is 6. The lowest BCUT2D eigenvalue weighted by atomic mass is 10.1. The predicted octanol–water partition coefficient (Wildman–Crippen LogP) is -0.541. The highest BCUT2D eigenvalue weighted by atomic mass is 16.4. The van der Waals surface area contributed by atoms with Crippen LogP contribution in [0.5, 0.6) is 0 Å². The molecule has 9 N–H and O–H groups in total. The van der Waals surface area contributed by atoms with Gasteiger partial charge in [0.2, 0.25) is 11.8 Å². The summed E-state index contributed by atoms with van der Waals surface area (Å²) in [6.07, 6.45) is 2.36. The van der Waals surface area contributed by atoms with Crippen LogP contribution in [0.15, 0.2) is 18.3 Å². The Labute approximate surface area is 400 Å². The van der Waals surface area contributed by atoms with E-state index in [-0.39, 0.29) is 142 Å². The van der Waals surface area contributed by atoms with Crippen LogP contribution in [0.25, 0.3) is 0 Å². The molecule has 0 aliphatic carbocycles. The van der Waals surface area contributed by atoms with Crippen molar-refractivity contribution in [1.82, 2.24) is 45.4 Å². The van der Waals surface area contributed by atoms with Gasteiger partial charge in [-0.25, -0.2) is 9.59 Å². The fraction of sp³-hybridized carbons (Fsp3) is 0.659. The van der Waals surface area contributed by atoms with Gasteiger partial charge in [0.25, 0.3) is 0 Å². The molecule has 0 spiro atoms. The lowest BCUT2D eigenvalue weighted by Crippen LogP contribution is -2.52. The number of amides is 4. The molecule has 0 aromatic carbocycles. The van der Waals surface area contributed by atoms with Crippen molar-refractivity contribution < 1.29 is 78.6 Å². The highest BCUT2D eigenvalue weighted by molar-refractivity contribution is 5.89. The van der Waals surface area contributed by atoms with Crippen LogP contribution in [-0.2, 0) is 49.7 Å². The number of carbonyl (C=O) groups excluding carboxylic acids is 4. The molecule has 25 nitrogen and oxygen atoms in total. The summed E-state index contributed by atoms with van der Waals surface area (Å²) in [4.78, 5) is 133. The summed E-state index contributed by atoms with van der Waals surface area (Å²) in [6.45, 7) is 3.56. The zero-order chi connectivity index (χ0) is 51.5. The molecule has 386 valence electrons. The van der Waals surface area contributed by atoms with Crippen molar-refractivity contribution >= 4 is 59.4 Å². The van der Waals surface area contributed by atoms with E-state index >= 15 is 0 Å². The Morgan fingerprint density at radius 3 is 1.65 bits per heavy atom. The maximum Gasteiger partial charge on any atom is 0.326 e. The summed E-state index contributed by atoms with van der Waals surface area (Å²) in [5.41, 5.74) is 1.54.